The zero-order valence-corrected chi connectivity index (χ0v) is 14.0. The van der Waals surface area contributed by atoms with Crippen molar-refractivity contribution < 1.29 is 4.42 Å². The highest BCUT2D eigenvalue weighted by atomic mass is 16.3. The molecule has 0 fully saturated rings. The molecule has 0 bridgehead atoms. The minimum atomic E-state index is -0.103. The number of benzene rings is 1. The molecule has 0 saturated carbocycles. The van der Waals surface area contributed by atoms with E-state index in [1.165, 1.54) is 0 Å². The van der Waals surface area contributed by atoms with Crippen molar-refractivity contribution in [2.45, 2.75) is 32.9 Å². The molecular formula is C18H19N5O2. The molecule has 0 atom stereocenters. The van der Waals surface area contributed by atoms with Gasteiger partial charge >= 0.3 is 5.69 Å². The fourth-order valence-corrected chi connectivity index (χ4v) is 3.00. The van der Waals surface area contributed by atoms with Gasteiger partial charge in [-0.3, -0.25) is 4.57 Å². The van der Waals surface area contributed by atoms with Gasteiger partial charge in [0.15, 0.2) is 5.76 Å². The second-order valence-electron chi connectivity index (χ2n) is 5.90. The standard InChI is InChI=1S/C18H19N5O2/c1-2-10-23-16(20-17(21-23)15-8-5-12-25-15)9-11-22-14-7-4-3-6-13(14)19-18(22)24/h3-8,12H,2,9-11H2,1H3,(H,19,24). The van der Waals surface area contributed by atoms with Crippen molar-refractivity contribution in [3.8, 4) is 11.6 Å². The van der Waals surface area contributed by atoms with Crippen LogP contribution in [0, 0.1) is 0 Å². The van der Waals surface area contributed by atoms with E-state index in [1.54, 1.807) is 10.8 Å². The molecule has 7 heteroatoms. The molecule has 0 amide bonds. The van der Waals surface area contributed by atoms with Gasteiger partial charge in [-0.15, -0.1) is 5.10 Å². The Labute approximate surface area is 143 Å². The van der Waals surface area contributed by atoms with Crippen LogP contribution in [0.15, 0.2) is 51.9 Å². The maximum absolute atomic E-state index is 12.2. The lowest BCUT2D eigenvalue weighted by Crippen LogP contribution is -2.19. The Bertz CT molecular complexity index is 1040. The van der Waals surface area contributed by atoms with Gasteiger partial charge in [-0.1, -0.05) is 19.1 Å². The van der Waals surface area contributed by atoms with E-state index in [4.69, 9.17) is 4.42 Å². The molecule has 4 aromatic rings. The van der Waals surface area contributed by atoms with E-state index < -0.39 is 0 Å². The van der Waals surface area contributed by atoms with Crippen molar-refractivity contribution in [3.63, 3.8) is 0 Å². The maximum Gasteiger partial charge on any atom is 0.326 e. The molecule has 0 aliphatic rings. The predicted molar refractivity (Wildman–Crippen MR) is 94.3 cm³/mol. The monoisotopic (exact) mass is 337 g/mol. The largest absolute Gasteiger partial charge is 0.461 e. The lowest BCUT2D eigenvalue weighted by atomic mass is 10.3. The summed E-state index contributed by atoms with van der Waals surface area (Å²) in [6.07, 6.45) is 3.19. The number of imidazole rings is 1. The number of para-hydroxylation sites is 2. The number of hydrogen-bond acceptors (Lipinski definition) is 4. The quantitative estimate of drug-likeness (QED) is 0.586. The molecule has 0 unspecified atom stereocenters. The molecular weight excluding hydrogens is 318 g/mol. The van der Waals surface area contributed by atoms with Gasteiger partial charge in [0, 0.05) is 19.5 Å². The Morgan fingerprint density at radius 2 is 2.04 bits per heavy atom. The van der Waals surface area contributed by atoms with Gasteiger partial charge < -0.3 is 9.40 Å². The van der Waals surface area contributed by atoms with E-state index in [9.17, 15) is 4.79 Å². The van der Waals surface area contributed by atoms with Crippen LogP contribution in [-0.4, -0.2) is 24.3 Å². The molecule has 7 nitrogen and oxygen atoms in total. The first-order chi connectivity index (χ1) is 12.3. The number of fused-ring (bicyclic) bond motifs is 1. The summed E-state index contributed by atoms with van der Waals surface area (Å²) in [4.78, 5) is 19.7. The van der Waals surface area contributed by atoms with E-state index >= 15 is 0 Å². The number of nitrogens with one attached hydrogen (secondary N) is 1. The minimum absolute atomic E-state index is 0.103. The number of nitrogens with zero attached hydrogens (tertiary/aromatic N) is 4. The Hall–Kier alpha value is -3.09. The second-order valence-corrected chi connectivity index (χ2v) is 5.90. The first kappa shape index (κ1) is 15.4. The topological polar surface area (TPSA) is 81.6 Å². The minimum Gasteiger partial charge on any atom is -0.461 e. The molecule has 0 aliphatic carbocycles. The summed E-state index contributed by atoms with van der Waals surface area (Å²) < 4.78 is 9.04. The van der Waals surface area contributed by atoms with Crippen LogP contribution in [0.1, 0.15) is 19.2 Å². The maximum atomic E-state index is 12.2. The highest BCUT2D eigenvalue weighted by molar-refractivity contribution is 5.74. The zero-order chi connectivity index (χ0) is 17.2. The molecule has 0 spiro atoms. The van der Waals surface area contributed by atoms with Gasteiger partial charge in [0.25, 0.3) is 0 Å². The van der Waals surface area contributed by atoms with Gasteiger partial charge in [0.2, 0.25) is 5.82 Å². The molecule has 1 aromatic carbocycles. The van der Waals surface area contributed by atoms with E-state index in [-0.39, 0.29) is 5.69 Å². The molecule has 0 radical (unpaired) electrons. The van der Waals surface area contributed by atoms with Crippen LogP contribution in [0.25, 0.3) is 22.6 Å². The van der Waals surface area contributed by atoms with Gasteiger partial charge in [-0.2, -0.15) is 0 Å². The molecule has 0 saturated heterocycles. The van der Waals surface area contributed by atoms with Crippen LogP contribution in [-0.2, 0) is 19.5 Å². The fraction of sp³-hybridized carbons (Fsp3) is 0.278. The predicted octanol–water partition coefficient (Wildman–Crippen LogP) is 2.83. The molecule has 4 rings (SSSR count). The van der Waals surface area contributed by atoms with Crippen LogP contribution in [0.3, 0.4) is 0 Å². The Balaban J connectivity index is 1.63. The first-order valence-electron chi connectivity index (χ1n) is 8.41. The van der Waals surface area contributed by atoms with E-state index in [1.807, 2.05) is 41.1 Å². The third-order valence-electron chi connectivity index (χ3n) is 4.17. The molecule has 1 N–H and O–H groups in total. The van der Waals surface area contributed by atoms with E-state index in [0.29, 0.717) is 24.6 Å². The number of aryl methyl sites for hydroxylation is 3. The summed E-state index contributed by atoms with van der Waals surface area (Å²) in [7, 11) is 0. The average Bonchev–Trinajstić information content (AvgIpc) is 3.32. The van der Waals surface area contributed by atoms with Crippen molar-refractivity contribution in [2.24, 2.45) is 0 Å². The lowest BCUT2D eigenvalue weighted by molar-refractivity contribution is 0.546. The van der Waals surface area contributed by atoms with Crippen LogP contribution in [0.4, 0.5) is 0 Å². The third kappa shape index (κ3) is 2.88. The Morgan fingerprint density at radius 3 is 2.84 bits per heavy atom. The van der Waals surface area contributed by atoms with E-state index in [0.717, 1.165) is 29.8 Å². The molecule has 0 aliphatic heterocycles. The Kier molecular flexibility index (Phi) is 3.97. The van der Waals surface area contributed by atoms with E-state index in [2.05, 4.69) is 22.0 Å². The number of aromatic amines is 1. The molecule has 3 heterocycles. The Morgan fingerprint density at radius 1 is 1.16 bits per heavy atom. The summed E-state index contributed by atoms with van der Waals surface area (Å²) in [5, 5.41) is 4.54. The highest BCUT2D eigenvalue weighted by Crippen LogP contribution is 2.17. The summed E-state index contributed by atoms with van der Waals surface area (Å²) in [6, 6.07) is 11.4. The van der Waals surface area contributed by atoms with Gasteiger partial charge in [0.05, 0.1) is 17.3 Å². The summed E-state index contributed by atoms with van der Waals surface area (Å²) in [5.41, 5.74) is 1.65. The SMILES string of the molecule is CCCn1nc(-c2ccco2)nc1CCn1c(=O)[nH]c2ccccc21. The average molecular weight is 337 g/mol. The van der Waals surface area contributed by atoms with Gasteiger partial charge in [0.1, 0.15) is 5.82 Å². The first-order valence-corrected chi connectivity index (χ1v) is 8.41. The second kappa shape index (κ2) is 6.43. The number of hydrogen-bond donors (Lipinski definition) is 1. The van der Waals surface area contributed by atoms with Crippen LogP contribution < -0.4 is 5.69 Å². The molecule has 128 valence electrons. The highest BCUT2D eigenvalue weighted by Gasteiger charge is 2.14. The van der Waals surface area contributed by atoms with Crippen molar-refractivity contribution in [1.29, 1.82) is 0 Å². The lowest BCUT2D eigenvalue weighted by Gasteiger charge is -2.05. The zero-order valence-electron chi connectivity index (χ0n) is 14.0. The smallest absolute Gasteiger partial charge is 0.326 e. The third-order valence-corrected chi connectivity index (χ3v) is 4.17. The summed E-state index contributed by atoms with van der Waals surface area (Å²) >= 11 is 0. The normalized spacial score (nSPS) is 11.4. The molecule has 25 heavy (non-hydrogen) atoms. The van der Waals surface area contributed by atoms with Crippen molar-refractivity contribution in [2.75, 3.05) is 0 Å². The number of H-pyrrole nitrogens is 1. The fourth-order valence-electron chi connectivity index (χ4n) is 3.00. The van der Waals surface area contributed by atoms with Crippen molar-refractivity contribution >= 4 is 11.0 Å². The summed E-state index contributed by atoms with van der Waals surface area (Å²) in [5.74, 6) is 2.09. The van der Waals surface area contributed by atoms with Crippen molar-refractivity contribution in [1.82, 2.24) is 24.3 Å². The summed E-state index contributed by atoms with van der Waals surface area (Å²) in [6.45, 7) is 3.43. The molecule has 3 aromatic heterocycles. The van der Waals surface area contributed by atoms with Gasteiger partial charge in [-0.05, 0) is 30.7 Å². The number of rotatable bonds is 6. The number of furan rings is 1. The number of aromatic nitrogens is 5. The van der Waals surface area contributed by atoms with Crippen LogP contribution >= 0.6 is 0 Å². The van der Waals surface area contributed by atoms with Crippen LogP contribution in [0.5, 0.6) is 0 Å². The van der Waals surface area contributed by atoms with Gasteiger partial charge in [-0.25, -0.2) is 14.5 Å². The van der Waals surface area contributed by atoms with Crippen molar-refractivity contribution in [3.05, 3.63) is 59.0 Å². The van der Waals surface area contributed by atoms with Crippen LogP contribution in [0.2, 0.25) is 0 Å².